The number of hydrogen-bond donors (Lipinski definition) is 1. The Morgan fingerprint density at radius 2 is 1.86 bits per heavy atom. The van der Waals surface area contributed by atoms with Gasteiger partial charge >= 0.3 is 6.01 Å². The van der Waals surface area contributed by atoms with E-state index in [1.807, 2.05) is 43.3 Å². The average molecular weight is 379 g/mol. The van der Waals surface area contributed by atoms with Crippen LogP contribution in [-0.2, 0) is 11.2 Å². The van der Waals surface area contributed by atoms with Gasteiger partial charge in [0.2, 0.25) is 5.89 Å². The van der Waals surface area contributed by atoms with Gasteiger partial charge in [-0.15, -0.1) is 5.10 Å². The molecule has 0 saturated heterocycles. The number of amides is 1. The molecule has 0 bridgehead atoms. The standard InChI is InChI=1S/C22H25N3O3/c1-14(2)17-7-9-19(10-8-17)27-13-20(26)23-22-25-24-21(28-22)12-18-6-5-15(3)11-16(18)4/h5-11,14H,12-13H2,1-4H3,(H,23,25,26). The lowest BCUT2D eigenvalue weighted by atomic mass is 10.0. The highest BCUT2D eigenvalue weighted by Gasteiger charge is 2.12. The van der Waals surface area contributed by atoms with E-state index in [4.69, 9.17) is 9.15 Å². The van der Waals surface area contributed by atoms with Gasteiger partial charge in [0.15, 0.2) is 6.61 Å². The topological polar surface area (TPSA) is 77.2 Å². The predicted molar refractivity (Wildman–Crippen MR) is 108 cm³/mol. The van der Waals surface area contributed by atoms with Crippen LogP contribution >= 0.6 is 0 Å². The summed E-state index contributed by atoms with van der Waals surface area (Å²) in [5, 5.41) is 10.4. The number of ether oxygens (including phenoxy) is 1. The number of aromatic nitrogens is 2. The van der Waals surface area contributed by atoms with E-state index in [9.17, 15) is 4.79 Å². The minimum absolute atomic E-state index is 0.0727. The van der Waals surface area contributed by atoms with Gasteiger partial charge in [-0.25, -0.2) is 0 Å². The molecule has 0 saturated carbocycles. The fourth-order valence-corrected chi connectivity index (χ4v) is 2.84. The second kappa shape index (κ2) is 8.69. The molecule has 0 fully saturated rings. The van der Waals surface area contributed by atoms with Crippen molar-refractivity contribution in [3.05, 3.63) is 70.6 Å². The number of carbonyl (C=O) groups is 1. The Kier molecular flexibility index (Phi) is 6.09. The van der Waals surface area contributed by atoms with Crippen LogP contribution in [0.1, 0.15) is 47.9 Å². The summed E-state index contributed by atoms with van der Waals surface area (Å²) in [5.74, 6) is 1.19. The van der Waals surface area contributed by atoms with Crippen LogP contribution in [-0.4, -0.2) is 22.7 Å². The van der Waals surface area contributed by atoms with Crippen molar-refractivity contribution in [1.82, 2.24) is 10.2 Å². The molecule has 0 aliphatic carbocycles. The molecule has 1 aromatic heterocycles. The summed E-state index contributed by atoms with van der Waals surface area (Å²) < 4.78 is 11.0. The van der Waals surface area contributed by atoms with Gasteiger partial charge in [-0.2, -0.15) is 0 Å². The Morgan fingerprint density at radius 3 is 2.54 bits per heavy atom. The minimum Gasteiger partial charge on any atom is -0.484 e. The third kappa shape index (κ3) is 5.19. The van der Waals surface area contributed by atoms with Crippen LogP contribution in [0.5, 0.6) is 5.75 Å². The molecule has 1 heterocycles. The molecule has 0 atom stereocenters. The van der Waals surface area contributed by atoms with Gasteiger partial charge in [0.25, 0.3) is 5.91 Å². The monoisotopic (exact) mass is 379 g/mol. The molecular weight excluding hydrogens is 354 g/mol. The van der Waals surface area contributed by atoms with Gasteiger partial charge in [0.1, 0.15) is 5.75 Å². The highest BCUT2D eigenvalue weighted by molar-refractivity contribution is 5.89. The molecule has 28 heavy (non-hydrogen) atoms. The fourth-order valence-electron chi connectivity index (χ4n) is 2.84. The van der Waals surface area contributed by atoms with Gasteiger partial charge < -0.3 is 9.15 Å². The van der Waals surface area contributed by atoms with E-state index in [2.05, 4.69) is 42.4 Å². The average Bonchev–Trinajstić information content (AvgIpc) is 3.09. The summed E-state index contributed by atoms with van der Waals surface area (Å²) in [4.78, 5) is 12.1. The molecule has 3 rings (SSSR count). The normalized spacial score (nSPS) is 10.9. The van der Waals surface area contributed by atoms with Crippen molar-refractivity contribution in [1.29, 1.82) is 0 Å². The summed E-state index contributed by atoms with van der Waals surface area (Å²) >= 11 is 0. The first kappa shape index (κ1) is 19.6. The van der Waals surface area contributed by atoms with Crippen LogP contribution in [0.3, 0.4) is 0 Å². The van der Waals surface area contributed by atoms with Crippen molar-refractivity contribution in [2.45, 2.75) is 40.0 Å². The molecule has 1 amide bonds. The molecular formula is C22H25N3O3. The van der Waals surface area contributed by atoms with Crippen LogP contribution in [0.15, 0.2) is 46.9 Å². The maximum absolute atomic E-state index is 12.1. The number of hydrogen-bond acceptors (Lipinski definition) is 5. The minimum atomic E-state index is -0.352. The second-order valence-electron chi connectivity index (χ2n) is 7.17. The summed E-state index contributed by atoms with van der Waals surface area (Å²) in [7, 11) is 0. The molecule has 6 heteroatoms. The van der Waals surface area contributed by atoms with Crippen LogP contribution in [0, 0.1) is 13.8 Å². The van der Waals surface area contributed by atoms with E-state index in [0.717, 1.165) is 5.56 Å². The quantitative estimate of drug-likeness (QED) is 0.658. The Hall–Kier alpha value is -3.15. The van der Waals surface area contributed by atoms with Gasteiger partial charge in [-0.05, 0) is 48.6 Å². The maximum Gasteiger partial charge on any atom is 0.322 e. The lowest BCUT2D eigenvalue weighted by molar-refractivity contribution is -0.118. The van der Waals surface area contributed by atoms with Crippen molar-refractivity contribution >= 4 is 11.9 Å². The Labute approximate surface area is 164 Å². The van der Waals surface area contributed by atoms with E-state index in [0.29, 0.717) is 24.0 Å². The Bertz CT molecular complexity index is 946. The van der Waals surface area contributed by atoms with Crippen molar-refractivity contribution < 1.29 is 13.9 Å². The molecule has 0 spiro atoms. The highest BCUT2D eigenvalue weighted by atomic mass is 16.5. The van der Waals surface area contributed by atoms with Gasteiger partial charge in [-0.1, -0.05) is 54.8 Å². The lowest BCUT2D eigenvalue weighted by Crippen LogP contribution is -2.20. The molecule has 0 radical (unpaired) electrons. The number of rotatable bonds is 7. The van der Waals surface area contributed by atoms with E-state index in [1.165, 1.54) is 16.7 Å². The molecule has 0 aliphatic heterocycles. The molecule has 146 valence electrons. The van der Waals surface area contributed by atoms with Crippen LogP contribution in [0.25, 0.3) is 0 Å². The van der Waals surface area contributed by atoms with Gasteiger partial charge in [-0.3, -0.25) is 10.1 Å². The maximum atomic E-state index is 12.1. The molecule has 0 aliphatic rings. The molecule has 1 N–H and O–H groups in total. The molecule has 3 aromatic rings. The summed E-state index contributed by atoms with van der Waals surface area (Å²) in [6.07, 6.45) is 0.522. The zero-order chi connectivity index (χ0) is 20.1. The van der Waals surface area contributed by atoms with E-state index in [1.54, 1.807) is 0 Å². The number of benzene rings is 2. The number of carbonyl (C=O) groups excluding carboxylic acids is 1. The summed E-state index contributed by atoms with van der Waals surface area (Å²) in [6.45, 7) is 8.23. The number of anilines is 1. The molecule has 2 aromatic carbocycles. The zero-order valence-electron chi connectivity index (χ0n) is 16.7. The van der Waals surface area contributed by atoms with Crippen molar-refractivity contribution in [3.63, 3.8) is 0 Å². The smallest absolute Gasteiger partial charge is 0.322 e. The number of aryl methyl sites for hydroxylation is 2. The third-order valence-corrected chi connectivity index (χ3v) is 4.47. The van der Waals surface area contributed by atoms with Crippen molar-refractivity contribution in [3.8, 4) is 5.75 Å². The highest BCUT2D eigenvalue weighted by Crippen LogP contribution is 2.19. The predicted octanol–water partition coefficient (Wildman–Crippen LogP) is 4.42. The Morgan fingerprint density at radius 1 is 1.11 bits per heavy atom. The van der Waals surface area contributed by atoms with Gasteiger partial charge in [0.05, 0.1) is 6.42 Å². The first-order chi connectivity index (χ1) is 13.4. The first-order valence-electron chi connectivity index (χ1n) is 9.32. The first-order valence-corrected chi connectivity index (χ1v) is 9.32. The Balaban J connectivity index is 1.52. The van der Waals surface area contributed by atoms with E-state index < -0.39 is 0 Å². The lowest BCUT2D eigenvalue weighted by Gasteiger charge is -2.08. The fraction of sp³-hybridized carbons (Fsp3) is 0.318. The largest absolute Gasteiger partial charge is 0.484 e. The summed E-state index contributed by atoms with van der Waals surface area (Å²) in [6, 6.07) is 14.0. The zero-order valence-corrected chi connectivity index (χ0v) is 16.7. The van der Waals surface area contributed by atoms with Crippen molar-refractivity contribution in [2.75, 3.05) is 11.9 Å². The van der Waals surface area contributed by atoms with Gasteiger partial charge in [0, 0.05) is 0 Å². The van der Waals surface area contributed by atoms with Crippen LogP contribution < -0.4 is 10.1 Å². The van der Waals surface area contributed by atoms with Crippen LogP contribution in [0.2, 0.25) is 0 Å². The molecule has 0 unspecified atom stereocenters. The van der Waals surface area contributed by atoms with E-state index in [-0.39, 0.29) is 18.5 Å². The summed E-state index contributed by atoms with van der Waals surface area (Å²) in [5.41, 5.74) is 4.71. The number of nitrogens with one attached hydrogen (secondary N) is 1. The van der Waals surface area contributed by atoms with E-state index >= 15 is 0 Å². The van der Waals surface area contributed by atoms with Crippen molar-refractivity contribution in [2.24, 2.45) is 0 Å². The third-order valence-electron chi connectivity index (χ3n) is 4.47. The number of nitrogens with zero attached hydrogens (tertiary/aromatic N) is 2. The van der Waals surface area contributed by atoms with Crippen LogP contribution in [0.4, 0.5) is 6.01 Å². The SMILES string of the molecule is Cc1ccc(Cc2nnc(NC(=O)COc3ccc(C(C)C)cc3)o2)c(C)c1. The second-order valence-corrected chi connectivity index (χ2v) is 7.17. The molecule has 6 nitrogen and oxygen atoms in total.